The Kier molecular flexibility index (Phi) is 3.82. The summed E-state index contributed by atoms with van der Waals surface area (Å²) >= 11 is 0. The molecule has 0 aromatic heterocycles. The van der Waals surface area contributed by atoms with Gasteiger partial charge in [-0.2, -0.15) is 0 Å². The molecule has 0 spiro atoms. The molecule has 4 heteroatoms. The lowest BCUT2D eigenvalue weighted by Crippen LogP contribution is -2.38. The lowest BCUT2D eigenvalue weighted by atomic mass is 9.92. The van der Waals surface area contributed by atoms with Crippen molar-refractivity contribution < 1.29 is 8.42 Å². The van der Waals surface area contributed by atoms with Gasteiger partial charge in [0, 0.05) is 18.8 Å². The molecular weight excluding hydrogens is 210 g/mol. The van der Waals surface area contributed by atoms with Gasteiger partial charge < -0.3 is 5.32 Å². The van der Waals surface area contributed by atoms with E-state index in [0.717, 1.165) is 6.54 Å². The molecule has 1 saturated carbocycles. The largest absolute Gasteiger partial charge is 0.313 e. The molecule has 15 heavy (non-hydrogen) atoms. The molecule has 1 aliphatic carbocycles. The van der Waals surface area contributed by atoms with E-state index in [1.165, 1.54) is 19.1 Å². The SMILES string of the molecule is CC(CS(C)(=O)=O)NCC1(C(C)C)CC1. The number of nitrogens with one attached hydrogen (secondary N) is 1. The highest BCUT2D eigenvalue weighted by atomic mass is 32.2. The molecule has 0 aromatic carbocycles. The van der Waals surface area contributed by atoms with Crippen LogP contribution in [0.3, 0.4) is 0 Å². The average molecular weight is 233 g/mol. The highest BCUT2D eigenvalue weighted by molar-refractivity contribution is 7.90. The topological polar surface area (TPSA) is 46.2 Å². The Bertz CT molecular complexity index is 305. The third-order valence-electron chi connectivity index (χ3n) is 3.47. The lowest BCUT2D eigenvalue weighted by Gasteiger charge is -2.22. The minimum absolute atomic E-state index is 0.0659. The van der Waals surface area contributed by atoms with Crippen LogP contribution in [0.2, 0.25) is 0 Å². The molecule has 1 unspecified atom stereocenters. The second kappa shape index (κ2) is 4.42. The van der Waals surface area contributed by atoms with Crippen LogP contribution in [0.15, 0.2) is 0 Å². The van der Waals surface area contributed by atoms with Gasteiger partial charge in [0.15, 0.2) is 0 Å². The molecule has 0 saturated heterocycles. The van der Waals surface area contributed by atoms with E-state index in [1.54, 1.807) is 0 Å². The Balaban J connectivity index is 2.32. The van der Waals surface area contributed by atoms with Gasteiger partial charge in [0.25, 0.3) is 0 Å². The summed E-state index contributed by atoms with van der Waals surface area (Å²) < 4.78 is 22.2. The fourth-order valence-corrected chi connectivity index (χ4v) is 3.04. The first-order valence-electron chi connectivity index (χ1n) is 5.66. The minimum Gasteiger partial charge on any atom is -0.313 e. The summed E-state index contributed by atoms with van der Waals surface area (Å²) in [6, 6.07) is 0.0659. The van der Waals surface area contributed by atoms with E-state index >= 15 is 0 Å². The average Bonchev–Trinajstić information content (AvgIpc) is 2.77. The van der Waals surface area contributed by atoms with Crippen molar-refractivity contribution in [3.05, 3.63) is 0 Å². The maximum absolute atomic E-state index is 11.1. The van der Waals surface area contributed by atoms with Crippen LogP contribution >= 0.6 is 0 Å². The van der Waals surface area contributed by atoms with Gasteiger partial charge in [0.2, 0.25) is 0 Å². The minimum atomic E-state index is -2.85. The van der Waals surface area contributed by atoms with Crippen LogP contribution in [0.25, 0.3) is 0 Å². The molecule has 0 aliphatic heterocycles. The van der Waals surface area contributed by atoms with E-state index in [-0.39, 0.29) is 11.8 Å². The Morgan fingerprint density at radius 2 is 1.80 bits per heavy atom. The molecule has 0 bridgehead atoms. The number of sulfone groups is 1. The zero-order valence-corrected chi connectivity index (χ0v) is 11.0. The van der Waals surface area contributed by atoms with Crippen molar-refractivity contribution in [1.29, 1.82) is 0 Å². The Morgan fingerprint density at radius 1 is 1.27 bits per heavy atom. The normalized spacial score (nSPS) is 21.7. The van der Waals surface area contributed by atoms with Crippen LogP contribution in [-0.2, 0) is 9.84 Å². The van der Waals surface area contributed by atoms with Gasteiger partial charge >= 0.3 is 0 Å². The molecule has 0 aromatic rings. The quantitative estimate of drug-likeness (QED) is 0.755. The van der Waals surface area contributed by atoms with Gasteiger partial charge in [-0.3, -0.25) is 0 Å². The van der Waals surface area contributed by atoms with E-state index in [1.807, 2.05) is 6.92 Å². The summed E-state index contributed by atoms with van der Waals surface area (Å²) in [5.41, 5.74) is 0.450. The first kappa shape index (κ1) is 13.0. The summed E-state index contributed by atoms with van der Waals surface area (Å²) in [5.74, 6) is 0.927. The maximum Gasteiger partial charge on any atom is 0.148 e. The van der Waals surface area contributed by atoms with Gasteiger partial charge in [0.1, 0.15) is 9.84 Å². The summed E-state index contributed by atoms with van der Waals surface area (Å²) in [7, 11) is -2.85. The van der Waals surface area contributed by atoms with Crippen molar-refractivity contribution in [2.45, 2.75) is 39.7 Å². The van der Waals surface area contributed by atoms with Crippen molar-refractivity contribution >= 4 is 9.84 Å². The smallest absolute Gasteiger partial charge is 0.148 e. The number of hydrogen-bond acceptors (Lipinski definition) is 3. The van der Waals surface area contributed by atoms with Crippen molar-refractivity contribution in [1.82, 2.24) is 5.32 Å². The Morgan fingerprint density at radius 3 is 2.13 bits per heavy atom. The first-order valence-corrected chi connectivity index (χ1v) is 7.72. The Labute approximate surface area is 93.6 Å². The predicted octanol–water partition coefficient (Wildman–Crippen LogP) is 1.45. The molecule has 0 radical (unpaired) electrons. The predicted molar refractivity (Wildman–Crippen MR) is 63.7 cm³/mol. The van der Waals surface area contributed by atoms with Crippen LogP contribution in [-0.4, -0.2) is 33.0 Å². The summed E-state index contributed by atoms with van der Waals surface area (Å²) in [6.07, 6.45) is 3.85. The molecule has 0 heterocycles. The molecule has 1 atom stereocenters. The van der Waals surface area contributed by atoms with E-state index in [4.69, 9.17) is 0 Å². The second-order valence-corrected chi connectivity index (χ2v) is 7.58. The van der Waals surface area contributed by atoms with Gasteiger partial charge in [-0.05, 0) is 31.1 Å². The summed E-state index contributed by atoms with van der Waals surface area (Å²) in [6.45, 7) is 7.39. The zero-order valence-electron chi connectivity index (χ0n) is 10.2. The summed E-state index contributed by atoms with van der Waals surface area (Å²) in [4.78, 5) is 0. The zero-order chi connectivity index (χ0) is 11.7. The van der Waals surface area contributed by atoms with E-state index in [2.05, 4.69) is 19.2 Å². The molecule has 90 valence electrons. The molecule has 1 aliphatic rings. The van der Waals surface area contributed by atoms with Crippen LogP contribution in [0.1, 0.15) is 33.6 Å². The third-order valence-corrected chi connectivity index (χ3v) is 4.58. The maximum atomic E-state index is 11.1. The van der Waals surface area contributed by atoms with E-state index in [9.17, 15) is 8.42 Å². The second-order valence-electron chi connectivity index (χ2n) is 5.39. The molecule has 3 nitrogen and oxygen atoms in total. The van der Waals surface area contributed by atoms with Crippen LogP contribution < -0.4 is 5.32 Å². The number of hydrogen-bond donors (Lipinski definition) is 1. The third kappa shape index (κ3) is 4.11. The van der Waals surface area contributed by atoms with Crippen molar-refractivity contribution in [3.8, 4) is 0 Å². The van der Waals surface area contributed by atoms with Gasteiger partial charge in [-0.15, -0.1) is 0 Å². The van der Waals surface area contributed by atoms with Crippen LogP contribution in [0.5, 0.6) is 0 Å². The fraction of sp³-hybridized carbons (Fsp3) is 1.00. The van der Waals surface area contributed by atoms with Crippen molar-refractivity contribution in [3.63, 3.8) is 0 Å². The van der Waals surface area contributed by atoms with Gasteiger partial charge in [0.05, 0.1) is 5.75 Å². The molecule has 0 amide bonds. The summed E-state index contributed by atoms with van der Waals surface area (Å²) in [5, 5.41) is 3.34. The monoisotopic (exact) mass is 233 g/mol. The highest BCUT2D eigenvalue weighted by Gasteiger charge is 2.44. The molecule has 1 rings (SSSR count). The highest BCUT2D eigenvalue weighted by Crippen LogP contribution is 2.51. The van der Waals surface area contributed by atoms with E-state index in [0.29, 0.717) is 11.3 Å². The first-order chi connectivity index (χ1) is 6.75. The molecular formula is C11H23NO2S. The van der Waals surface area contributed by atoms with Crippen molar-refractivity contribution in [2.24, 2.45) is 11.3 Å². The van der Waals surface area contributed by atoms with Crippen LogP contribution in [0, 0.1) is 11.3 Å². The number of rotatable bonds is 6. The van der Waals surface area contributed by atoms with Gasteiger partial charge in [-0.1, -0.05) is 13.8 Å². The fourth-order valence-electron chi connectivity index (χ4n) is 2.01. The lowest BCUT2D eigenvalue weighted by molar-refractivity contribution is 0.328. The van der Waals surface area contributed by atoms with E-state index < -0.39 is 9.84 Å². The Hall–Kier alpha value is -0.0900. The van der Waals surface area contributed by atoms with Gasteiger partial charge in [-0.25, -0.2) is 8.42 Å². The molecule has 1 N–H and O–H groups in total. The van der Waals surface area contributed by atoms with Crippen LogP contribution in [0.4, 0.5) is 0 Å². The standard InChI is InChI=1S/C11H23NO2S/c1-9(2)11(5-6-11)8-12-10(3)7-15(4,13)14/h9-10,12H,5-8H2,1-4H3. The van der Waals surface area contributed by atoms with Crippen molar-refractivity contribution in [2.75, 3.05) is 18.6 Å². The molecule has 1 fully saturated rings.